The summed E-state index contributed by atoms with van der Waals surface area (Å²) in [6.45, 7) is 1.92. The Kier molecular flexibility index (Phi) is 4.60. The van der Waals surface area contributed by atoms with Crippen molar-refractivity contribution in [1.82, 2.24) is 0 Å². The Morgan fingerprint density at radius 2 is 1.89 bits per heavy atom. The van der Waals surface area contributed by atoms with E-state index >= 15 is 0 Å². The van der Waals surface area contributed by atoms with Gasteiger partial charge in [-0.2, -0.15) is 11.3 Å². The molecule has 1 nitrogen and oxygen atoms in total. The minimum Gasteiger partial charge on any atom is -0.390 e. The summed E-state index contributed by atoms with van der Waals surface area (Å²) in [5, 5.41) is 14.7. The molecule has 1 N–H and O–H groups in total. The summed E-state index contributed by atoms with van der Waals surface area (Å²) >= 11 is 5.13. The number of hydrogen-bond donors (Lipinski definition) is 1. The summed E-state index contributed by atoms with van der Waals surface area (Å²) in [5.74, 6) is 0. The van der Waals surface area contributed by atoms with Gasteiger partial charge in [0.15, 0.2) is 0 Å². The molecule has 2 aromatic rings. The standard InChI is InChI=1S/C15H17BrOS/c1-15(17,8-6-13-7-9-18-11-13)10-12-2-4-14(16)5-3-12/h2-5,7,9,11,17H,6,8,10H2,1H3. The van der Waals surface area contributed by atoms with E-state index in [-0.39, 0.29) is 0 Å². The lowest BCUT2D eigenvalue weighted by Crippen LogP contribution is -2.27. The van der Waals surface area contributed by atoms with E-state index in [2.05, 4.69) is 44.9 Å². The van der Waals surface area contributed by atoms with Crippen LogP contribution in [-0.2, 0) is 12.8 Å². The molecule has 2 rings (SSSR count). The number of hydrogen-bond acceptors (Lipinski definition) is 2. The molecule has 0 aliphatic heterocycles. The van der Waals surface area contributed by atoms with Crippen LogP contribution in [0.5, 0.6) is 0 Å². The second kappa shape index (κ2) is 6.00. The lowest BCUT2D eigenvalue weighted by Gasteiger charge is -2.23. The highest BCUT2D eigenvalue weighted by molar-refractivity contribution is 9.10. The molecule has 1 aromatic carbocycles. The summed E-state index contributed by atoms with van der Waals surface area (Å²) in [5.41, 5.74) is 1.85. The lowest BCUT2D eigenvalue weighted by atomic mass is 9.91. The number of thiophene rings is 1. The third-order valence-corrected chi connectivity index (χ3v) is 4.29. The molecule has 0 spiro atoms. The van der Waals surface area contributed by atoms with Crippen molar-refractivity contribution in [2.75, 3.05) is 0 Å². The molecule has 0 amide bonds. The van der Waals surface area contributed by atoms with Crippen LogP contribution >= 0.6 is 27.3 Å². The van der Waals surface area contributed by atoms with E-state index in [9.17, 15) is 5.11 Å². The topological polar surface area (TPSA) is 20.2 Å². The predicted molar refractivity (Wildman–Crippen MR) is 81.1 cm³/mol. The first-order valence-corrected chi connectivity index (χ1v) is 7.77. The summed E-state index contributed by atoms with van der Waals surface area (Å²) in [4.78, 5) is 0. The lowest BCUT2D eigenvalue weighted by molar-refractivity contribution is 0.0516. The van der Waals surface area contributed by atoms with Gasteiger partial charge in [0.1, 0.15) is 0 Å². The first-order chi connectivity index (χ1) is 8.55. The summed E-state index contributed by atoms with van der Waals surface area (Å²) < 4.78 is 1.07. The molecule has 0 saturated carbocycles. The van der Waals surface area contributed by atoms with Crippen molar-refractivity contribution in [2.24, 2.45) is 0 Å². The highest BCUT2D eigenvalue weighted by atomic mass is 79.9. The Hall–Kier alpha value is -0.640. The van der Waals surface area contributed by atoms with Crippen LogP contribution in [0.2, 0.25) is 0 Å². The van der Waals surface area contributed by atoms with Crippen molar-refractivity contribution in [2.45, 2.75) is 31.8 Å². The maximum absolute atomic E-state index is 10.4. The van der Waals surface area contributed by atoms with Gasteiger partial charge in [-0.05, 0) is 59.9 Å². The van der Waals surface area contributed by atoms with E-state index in [0.29, 0.717) is 6.42 Å². The maximum atomic E-state index is 10.4. The second-order valence-corrected chi connectivity index (χ2v) is 6.63. The van der Waals surface area contributed by atoms with Crippen LogP contribution in [-0.4, -0.2) is 10.7 Å². The molecule has 18 heavy (non-hydrogen) atoms. The van der Waals surface area contributed by atoms with E-state index in [0.717, 1.165) is 17.3 Å². The molecule has 1 atom stereocenters. The van der Waals surface area contributed by atoms with Crippen LogP contribution < -0.4 is 0 Å². The summed E-state index contributed by atoms with van der Waals surface area (Å²) in [6, 6.07) is 10.3. The SMILES string of the molecule is CC(O)(CCc1ccsc1)Cc1ccc(Br)cc1. The maximum Gasteiger partial charge on any atom is 0.0663 e. The zero-order valence-corrected chi connectivity index (χ0v) is 12.8. The Labute approximate surface area is 121 Å². The van der Waals surface area contributed by atoms with Gasteiger partial charge in [-0.1, -0.05) is 28.1 Å². The van der Waals surface area contributed by atoms with E-state index in [4.69, 9.17) is 0 Å². The fraction of sp³-hybridized carbons (Fsp3) is 0.333. The Bertz CT molecular complexity index is 474. The second-order valence-electron chi connectivity index (χ2n) is 4.93. The third kappa shape index (κ3) is 4.23. The predicted octanol–water partition coefficient (Wildman–Crippen LogP) is 4.44. The van der Waals surface area contributed by atoms with Crippen molar-refractivity contribution in [1.29, 1.82) is 0 Å². The Morgan fingerprint density at radius 1 is 1.17 bits per heavy atom. The summed E-state index contributed by atoms with van der Waals surface area (Å²) in [6.07, 6.45) is 2.43. The number of aryl methyl sites for hydroxylation is 1. The molecule has 0 bridgehead atoms. The van der Waals surface area contributed by atoms with Crippen LogP contribution in [0.25, 0.3) is 0 Å². The van der Waals surface area contributed by atoms with Gasteiger partial charge in [0, 0.05) is 10.9 Å². The quantitative estimate of drug-likeness (QED) is 0.862. The molecule has 0 aliphatic carbocycles. The molecular formula is C15H17BrOS. The highest BCUT2D eigenvalue weighted by Crippen LogP contribution is 2.21. The van der Waals surface area contributed by atoms with Crippen molar-refractivity contribution >= 4 is 27.3 Å². The van der Waals surface area contributed by atoms with Crippen molar-refractivity contribution in [3.8, 4) is 0 Å². The van der Waals surface area contributed by atoms with Crippen LogP contribution in [0.1, 0.15) is 24.5 Å². The Balaban J connectivity index is 1.92. The van der Waals surface area contributed by atoms with Gasteiger partial charge in [-0.25, -0.2) is 0 Å². The van der Waals surface area contributed by atoms with Gasteiger partial charge in [0.2, 0.25) is 0 Å². The van der Waals surface area contributed by atoms with E-state index < -0.39 is 5.60 Å². The smallest absolute Gasteiger partial charge is 0.0663 e. The van der Waals surface area contributed by atoms with Gasteiger partial charge >= 0.3 is 0 Å². The van der Waals surface area contributed by atoms with E-state index in [1.54, 1.807) is 11.3 Å². The fourth-order valence-electron chi connectivity index (χ4n) is 1.98. The molecule has 0 fully saturated rings. The van der Waals surface area contributed by atoms with Gasteiger partial charge < -0.3 is 5.11 Å². The molecule has 3 heteroatoms. The molecule has 96 valence electrons. The largest absolute Gasteiger partial charge is 0.390 e. The minimum atomic E-state index is -0.643. The molecule has 0 aliphatic rings. The van der Waals surface area contributed by atoms with Crippen LogP contribution in [0.4, 0.5) is 0 Å². The average Bonchev–Trinajstić information content (AvgIpc) is 2.83. The monoisotopic (exact) mass is 324 g/mol. The molecular weight excluding hydrogens is 308 g/mol. The van der Waals surface area contributed by atoms with Crippen LogP contribution in [0, 0.1) is 0 Å². The van der Waals surface area contributed by atoms with Crippen LogP contribution in [0.3, 0.4) is 0 Å². The van der Waals surface area contributed by atoms with E-state index in [1.807, 2.05) is 19.1 Å². The molecule has 1 heterocycles. The van der Waals surface area contributed by atoms with Crippen molar-refractivity contribution in [3.05, 3.63) is 56.7 Å². The first kappa shape index (κ1) is 13.8. The number of aliphatic hydroxyl groups is 1. The van der Waals surface area contributed by atoms with Crippen molar-refractivity contribution < 1.29 is 5.11 Å². The van der Waals surface area contributed by atoms with Gasteiger partial charge in [0.25, 0.3) is 0 Å². The van der Waals surface area contributed by atoms with Gasteiger partial charge in [-0.15, -0.1) is 0 Å². The number of halogens is 1. The highest BCUT2D eigenvalue weighted by Gasteiger charge is 2.20. The van der Waals surface area contributed by atoms with E-state index in [1.165, 1.54) is 11.1 Å². The minimum absolute atomic E-state index is 0.643. The summed E-state index contributed by atoms with van der Waals surface area (Å²) in [7, 11) is 0. The zero-order valence-electron chi connectivity index (χ0n) is 10.4. The molecule has 1 unspecified atom stereocenters. The van der Waals surface area contributed by atoms with Crippen LogP contribution in [0.15, 0.2) is 45.6 Å². The van der Waals surface area contributed by atoms with Gasteiger partial charge in [-0.3, -0.25) is 0 Å². The molecule has 1 aromatic heterocycles. The number of benzene rings is 1. The van der Waals surface area contributed by atoms with Gasteiger partial charge in [0.05, 0.1) is 5.60 Å². The Morgan fingerprint density at radius 3 is 2.50 bits per heavy atom. The fourth-order valence-corrected chi connectivity index (χ4v) is 2.95. The molecule has 0 saturated heterocycles. The average molecular weight is 325 g/mol. The van der Waals surface area contributed by atoms with Crippen molar-refractivity contribution in [3.63, 3.8) is 0 Å². The zero-order chi connectivity index (χ0) is 13.0. The third-order valence-electron chi connectivity index (χ3n) is 3.03. The number of rotatable bonds is 5. The first-order valence-electron chi connectivity index (χ1n) is 6.03. The normalized spacial score (nSPS) is 14.4. The molecule has 0 radical (unpaired) electrons.